The van der Waals surface area contributed by atoms with E-state index < -0.39 is 54.3 Å². The van der Waals surface area contributed by atoms with Crippen molar-refractivity contribution in [3.05, 3.63) is 30.6 Å². The maximum atomic E-state index is 12.8. The second-order valence-electron chi connectivity index (χ2n) is 7.53. The third kappa shape index (κ3) is 4.46. The summed E-state index contributed by atoms with van der Waals surface area (Å²) in [6, 6.07) is 0. The molecule has 30 heavy (non-hydrogen) atoms. The van der Waals surface area contributed by atoms with Crippen LogP contribution in [0.2, 0.25) is 0 Å². The fraction of sp³-hybridized carbons (Fsp3) is 0.765. The topological polar surface area (TPSA) is 171 Å². The number of rotatable bonds is 8. The zero-order chi connectivity index (χ0) is 23.1. The Balaban J connectivity index is 2.48. The smallest absolute Gasteiger partial charge is 0.359 e. The van der Waals surface area contributed by atoms with E-state index in [0.717, 1.165) is 4.57 Å². The molecule has 2 rings (SSSR count). The molecule has 5 N–H and O–H groups in total. The van der Waals surface area contributed by atoms with Crippen molar-refractivity contribution >= 4 is 30.2 Å². The molecule has 1 unspecified atom stereocenters. The zero-order valence-electron chi connectivity index (χ0n) is 17.1. The minimum Gasteiger partial charge on any atom is -0.387 e. The van der Waals surface area contributed by atoms with Gasteiger partial charge >= 0.3 is 13.3 Å². The maximum absolute atomic E-state index is 12.8. The van der Waals surface area contributed by atoms with E-state index in [2.05, 4.69) is 4.98 Å². The standard InChI is InChI=1S/C17H28IN2O9P/c1-5-16(4,25)30(26,27)29-17(6-2,7-3)12-10(21)11(22)14(28-12)20-8-9(18)13(23)19-15(20)24/h8,10-12,14,21-22,25H,5-7H2,1-4H3,(H,26,27)(H,19,23,24)/t10-,11+,12-,14+,16+/m0/s1. The summed E-state index contributed by atoms with van der Waals surface area (Å²) >= 11 is 1.71. The van der Waals surface area contributed by atoms with Crippen LogP contribution in [-0.4, -0.2) is 59.0 Å². The van der Waals surface area contributed by atoms with Gasteiger partial charge in [0.1, 0.15) is 23.9 Å². The lowest BCUT2D eigenvalue weighted by Crippen LogP contribution is -2.51. The third-order valence-corrected chi connectivity index (χ3v) is 8.65. The molecule has 1 fully saturated rings. The van der Waals surface area contributed by atoms with Gasteiger partial charge < -0.3 is 24.9 Å². The van der Waals surface area contributed by atoms with Gasteiger partial charge in [-0.25, -0.2) is 4.79 Å². The molecular weight excluding hydrogens is 534 g/mol. The summed E-state index contributed by atoms with van der Waals surface area (Å²) in [6.07, 6.45) is -4.48. The molecule has 6 atom stereocenters. The number of aromatic nitrogens is 2. The van der Waals surface area contributed by atoms with Crippen molar-refractivity contribution in [1.29, 1.82) is 0 Å². The molecule has 11 nitrogen and oxygen atoms in total. The number of hydrogen-bond donors (Lipinski definition) is 5. The fourth-order valence-electron chi connectivity index (χ4n) is 3.35. The molecule has 0 radical (unpaired) electrons. The number of aromatic amines is 1. The van der Waals surface area contributed by atoms with Crippen LogP contribution in [0, 0.1) is 3.57 Å². The quantitative estimate of drug-likeness (QED) is 0.225. The van der Waals surface area contributed by atoms with Crippen LogP contribution in [0.3, 0.4) is 0 Å². The first-order valence-electron chi connectivity index (χ1n) is 9.55. The van der Waals surface area contributed by atoms with Crippen LogP contribution >= 0.6 is 30.2 Å². The molecule has 1 aliphatic rings. The summed E-state index contributed by atoms with van der Waals surface area (Å²) in [5.41, 5.74) is -3.00. The first-order valence-corrected chi connectivity index (χ1v) is 12.2. The third-order valence-electron chi connectivity index (χ3n) is 5.74. The first-order chi connectivity index (χ1) is 13.8. The highest BCUT2D eigenvalue weighted by Crippen LogP contribution is 2.60. The molecule has 0 bridgehead atoms. The Morgan fingerprint density at radius 2 is 1.80 bits per heavy atom. The Morgan fingerprint density at radius 1 is 1.23 bits per heavy atom. The zero-order valence-corrected chi connectivity index (χ0v) is 20.2. The molecule has 172 valence electrons. The van der Waals surface area contributed by atoms with Gasteiger partial charge in [-0.05, 0) is 48.8 Å². The van der Waals surface area contributed by atoms with Gasteiger partial charge in [0, 0.05) is 6.20 Å². The van der Waals surface area contributed by atoms with E-state index in [9.17, 15) is 34.4 Å². The van der Waals surface area contributed by atoms with E-state index >= 15 is 0 Å². The van der Waals surface area contributed by atoms with Crippen molar-refractivity contribution in [3.63, 3.8) is 0 Å². The van der Waals surface area contributed by atoms with Crippen LogP contribution in [0.15, 0.2) is 15.8 Å². The van der Waals surface area contributed by atoms with Crippen LogP contribution < -0.4 is 11.2 Å². The van der Waals surface area contributed by atoms with Gasteiger partial charge in [-0.1, -0.05) is 20.8 Å². The van der Waals surface area contributed by atoms with Gasteiger partial charge in [-0.15, -0.1) is 0 Å². The molecule has 1 aliphatic heterocycles. The molecule has 1 aromatic rings. The Morgan fingerprint density at radius 3 is 2.30 bits per heavy atom. The molecule has 0 aromatic carbocycles. The Labute approximate surface area is 186 Å². The summed E-state index contributed by atoms with van der Waals surface area (Å²) in [5.74, 6) is 0. The number of aliphatic hydroxyl groups excluding tert-OH is 2. The average molecular weight is 562 g/mol. The maximum Gasteiger partial charge on any atom is 0.359 e. The van der Waals surface area contributed by atoms with Gasteiger partial charge in [0.05, 0.1) is 3.57 Å². The van der Waals surface area contributed by atoms with Gasteiger partial charge in [0.15, 0.2) is 11.6 Å². The molecule has 0 amide bonds. The van der Waals surface area contributed by atoms with Gasteiger partial charge in [0.2, 0.25) is 0 Å². The normalized spacial score (nSPS) is 28.8. The van der Waals surface area contributed by atoms with Crippen LogP contribution in [0.5, 0.6) is 0 Å². The number of nitrogens with zero attached hydrogens (tertiary/aromatic N) is 1. The fourth-order valence-corrected chi connectivity index (χ4v) is 5.24. The minimum atomic E-state index is -4.60. The average Bonchev–Trinajstić information content (AvgIpc) is 2.98. The van der Waals surface area contributed by atoms with Crippen molar-refractivity contribution in [2.24, 2.45) is 0 Å². The summed E-state index contributed by atoms with van der Waals surface area (Å²) in [6.45, 7) is 6.00. The van der Waals surface area contributed by atoms with Crippen LogP contribution in [0.4, 0.5) is 0 Å². The lowest BCUT2D eigenvalue weighted by molar-refractivity contribution is -0.138. The highest BCUT2D eigenvalue weighted by Gasteiger charge is 2.57. The van der Waals surface area contributed by atoms with Crippen molar-refractivity contribution < 1.29 is 34.0 Å². The number of aliphatic hydroxyl groups is 3. The van der Waals surface area contributed by atoms with Crippen molar-refractivity contribution in [2.75, 3.05) is 0 Å². The Bertz CT molecular complexity index is 927. The molecule has 1 saturated heterocycles. The highest BCUT2D eigenvalue weighted by atomic mass is 127. The largest absolute Gasteiger partial charge is 0.387 e. The van der Waals surface area contributed by atoms with Crippen LogP contribution in [0.1, 0.15) is 53.2 Å². The van der Waals surface area contributed by atoms with Crippen molar-refractivity contribution in [3.8, 4) is 0 Å². The predicted molar refractivity (Wildman–Crippen MR) is 115 cm³/mol. The van der Waals surface area contributed by atoms with Gasteiger partial charge in [-0.3, -0.25) is 23.4 Å². The first kappa shape index (κ1) is 25.7. The second kappa shape index (κ2) is 9.10. The number of hydrogen-bond acceptors (Lipinski definition) is 8. The SMILES string of the molecule is CCC(CC)(OP(=O)(O)[C@@](C)(O)CC)[C@H]1O[C@@H](n2cc(I)c(=O)[nH]c2=O)[C@H](O)[C@@H]1O. The lowest BCUT2D eigenvalue weighted by atomic mass is 9.87. The monoisotopic (exact) mass is 562 g/mol. The van der Waals surface area contributed by atoms with E-state index in [0.29, 0.717) is 0 Å². The Kier molecular flexibility index (Phi) is 7.78. The summed E-state index contributed by atoms with van der Waals surface area (Å²) in [4.78, 5) is 36.3. The number of halogens is 1. The van der Waals surface area contributed by atoms with E-state index in [1.807, 2.05) is 0 Å². The molecular formula is C17H28IN2O9P. The summed E-state index contributed by atoms with van der Waals surface area (Å²) in [7, 11) is -4.60. The summed E-state index contributed by atoms with van der Waals surface area (Å²) in [5, 5.41) is 29.5. The molecule has 2 heterocycles. The van der Waals surface area contributed by atoms with Crippen molar-refractivity contribution in [1.82, 2.24) is 9.55 Å². The molecule has 0 spiro atoms. The van der Waals surface area contributed by atoms with E-state index in [1.165, 1.54) is 20.0 Å². The number of ether oxygens (including phenoxy) is 1. The highest BCUT2D eigenvalue weighted by molar-refractivity contribution is 14.1. The second-order valence-corrected chi connectivity index (χ2v) is 10.9. The predicted octanol–water partition coefficient (Wildman–Crippen LogP) is 0.640. The lowest BCUT2D eigenvalue weighted by Gasteiger charge is -2.41. The minimum absolute atomic E-state index is 0.0607. The summed E-state index contributed by atoms with van der Waals surface area (Å²) < 4.78 is 25.3. The van der Waals surface area contributed by atoms with Crippen molar-refractivity contribution in [2.45, 2.75) is 82.4 Å². The van der Waals surface area contributed by atoms with Gasteiger partial charge in [0.25, 0.3) is 5.56 Å². The number of nitrogens with one attached hydrogen (secondary N) is 1. The van der Waals surface area contributed by atoms with E-state index in [-0.39, 0.29) is 22.8 Å². The van der Waals surface area contributed by atoms with Gasteiger partial charge in [-0.2, -0.15) is 0 Å². The molecule has 0 aliphatic carbocycles. The van der Waals surface area contributed by atoms with Crippen LogP contribution in [0.25, 0.3) is 0 Å². The molecule has 0 saturated carbocycles. The van der Waals surface area contributed by atoms with E-state index in [1.54, 1.807) is 36.4 Å². The molecule has 13 heteroatoms. The number of H-pyrrole nitrogens is 1. The van der Waals surface area contributed by atoms with Crippen LogP contribution in [-0.2, 0) is 13.8 Å². The van der Waals surface area contributed by atoms with E-state index in [4.69, 9.17) is 9.26 Å². The molecule has 1 aromatic heterocycles. The Hall–Kier alpha value is -0.600.